The Morgan fingerprint density at radius 3 is 2.47 bits per heavy atom. The number of fused-ring (bicyclic) bond motifs is 1. The molecule has 2 amide bonds. The number of nitrogens with one attached hydrogen (secondary N) is 1. The summed E-state index contributed by atoms with van der Waals surface area (Å²) in [5.74, 6) is 0.143. The Morgan fingerprint density at radius 1 is 1.03 bits per heavy atom. The number of benzene rings is 1. The molecule has 1 unspecified atom stereocenters. The average molecular weight is 470 g/mol. The molecule has 2 saturated heterocycles. The number of hydrogen-bond donors (Lipinski definition) is 1. The maximum Gasteiger partial charge on any atom is 0.329 e. The molecule has 34 heavy (non-hydrogen) atoms. The number of amides is 2. The molecule has 1 aromatic heterocycles. The van der Waals surface area contributed by atoms with Crippen LogP contribution in [-0.4, -0.2) is 76.2 Å². The standard InChI is InChI=1S/C25H35N5O4/c1-17-13-19(14-17)34-12-11-28-7-9-29(10-8-28)16-18-3-4-20-22(15-18)27(2)25(33)30(20)21-5-6-23(31)26-24(21)32/h3-4,15,17,19,21H,5-14,16H2,1-2H3,(H,26,31,32)/t17-,19-,21?. The van der Waals surface area contributed by atoms with Gasteiger partial charge in [-0.25, -0.2) is 4.79 Å². The van der Waals surface area contributed by atoms with Crippen molar-refractivity contribution in [2.75, 3.05) is 39.3 Å². The highest BCUT2D eigenvalue weighted by atomic mass is 16.5. The molecule has 3 heterocycles. The summed E-state index contributed by atoms with van der Waals surface area (Å²) >= 11 is 0. The van der Waals surface area contributed by atoms with E-state index < -0.39 is 11.9 Å². The molecule has 1 N–H and O–H groups in total. The van der Waals surface area contributed by atoms with E-state index in [1.807, 2.05) is 12.1 Å². The van der Waals surface area contributed by atoms with Gasteiger partial charge in [0.05, 0.1) is 23.7 Å². The van der Waals surface area contributed by atoms with Crippen molar-refractivity contribution >= 4 is 22.8 Å². The van der Waals surface area contributed by atoms with E-state index in [2.05, 4.69) is 28.1 Å². The first-order chi connectivity index (χ1) is 16.4. The van der Waals surface area contributed by atoms with Gasteiger partial charge in [-0.1, -0.05) is 13.0 Å². The van der Waals surface area contributed by atoms with E-state index in [0.717, 1.165) is 68.4 Å². The van der Waals surface area contributed by atoms with Crippen molar-refractivity contribution < 1.29 is 14.3 Å². The number of imide groups is 1. The maximum absolute atomic E-state index is 13.0. The van der Waals surface area contributed by atoms with Gasteiger partial charge in [0.15, 0.2) is 0 Å². The number of carbonyl (C=O) groups is 2. The van der Waals surface area contributed by atoms with Crippen LogP contribution in [0.15, 0.2) is 23.0 Å². The minimum absolute atomic E-state index is 0.228. The van der Waals surface area contributed by atoms with Crippen molar-refractivity contribution in [2.24, 2.45) is 13.0 Å². The monoisotopic (exact) mass is 469 g/mol. The molecular weight excluding hydrogens is 434 g/mol. The Labute approximate surface area is 199 Å². The molecule has 3 aliphatic rings. The lowest BCUT2D eigenvalue weighted by atomic mass is 9.84. The van der Waals surface area contributed by atoms with Crippen LogP contribution in [0.4, 0.5) is 0 Å². The molecule has 0 radical (unpaired) electrons. The largest absolute Gasteiger partial charge is 0.377 e. The van der Waals surface area contributed by atoms with Crippen molar-refractivity contribution in [3.05, 3.63) is 34.2 Å². The van der Waals surface area contributed by atoms with Gasteiger partial charge in [0.2, 0.25) is 11.8 Å². The van der Waals surface area contributed by atoms with Crippen molar-refractivity contribution in [3.8, 4) is 0 Å². The second-order valence-corrected chi connectivity index (χ2v) is 10.2. The summed E-state index contributed by atoms with van der Waals surface area (Å²) in [6, 6.07) is 5.39. The highest BCUT2D eigenvalue weighted by Gasteiger charge is 2.31. The molecule has 9 nitrogen and oxygen atoms in total. The minimum Gasteiger partial charge on any atom is -0.377 e. The molecule has 1 saturated carbocycles. The second-order valence-electron chi connectivity index (χ2n) is 10.2. The van der Waals surface area contributed by atoms with Gasteiger partial charge in [-0.3, -0.25) is 33.8 Å². The lowest BCUT2D eigenvalue weighted by Gasteiger charge is -2.36. The summed E-state index contributed by atoms with van der Waals surface area (Å²) in [6.07, 6.45) is 3.49. The number of imidazole rings is 1. The summed E-state index contributed by atoms with van der Waals surface area (Å²) in [6.45, 7) is 9.03. The summed E-state index contributed by atoms with van der Waals surface area (Å²) < 4.78 is 9.10. The summed E-state index contributed by atoms with van der Waals surface area (Å²) in [5, 5.41) is 2.36. The van der Waals surface area contributed by atoms with Gasteiger partial charge in [-0.05, 0) is 42.9 Å². The van der Waals surface area contributed by atoms with Crippen LogP contribution >= 0.6 is 0 Å². The normalized spacial score (nSPS) is 26.6. The molecule has 1 atom stereocenters. The lowest BCUT2D eigenvalue weighted by molar-refractivity contribution is -0.135. The lowest BCUT2D eigenvalue weighted by Crippen LogP contribution is -2.47. The number of aryl methyl sites for hydroxylation is 1. The van der Waals surface area contributed by atoms with Gasteiger partial charge in [-0.15, -0.1) is 0 Å². The Bertz CT molecular complexity index is 1120. The van der Waals surface area contributed by atoms with E-state index >= 15 is 0 Å². The van der Waals surface area contributed by atoms with E-state index in [1.54, 1.807) is 11.6 Å². The van der Waals surface area contributed by atoms with Crippen LogP contribution in [0.1, 0.15) is 44.2 Å². The molecule has 2 aliphatic heterocycles. The summed E-state index contributed by atoms with van der Waals surface area (Å²) in [4.78, 5) is 41.8. The van der Waals surface area contributed by atoms with Crippen LogP contribution in [-0.2, 0) is 27.9 Å². The molecule has 1 aromatic carbocycles. The Hall–Kier alpha value is -2.49. The number of carbonyl (C=O) groups excluding carboxylic acids is 2. The number of hydrogen-bond acceptors (Lipinski definition) is 6. The second kappa shape index (κ2) is 9.64. The van der Waals surface area contributed by atoms with Crippen molar-refractivity contribution in [1.29, 1.82) is 0 Å². The molecule has 3 fully saturated rings. The van der Waals surface area contributed by atoms with E-state index in [1.165, 1.54) is 17.4 Å². The zero-order valence-electron chi connectivity index (χ0n) is 20.2. The first kappa shape index (κ1) is 23.3. The first-order valence-electron chi connectivity index (χ1n) is 12.5. The van der Waals surface area contributed by atoms with E-state index in [9.17, 15) is 14.4 Å². The number of piperazine rings is 1. The average Bonchev–Trinajstić information content (AvgIpc) is 3.04. The van der Waals surface area contributed by atoms with Gasteiger partial charge in [0, 0.05) is 52.7 Å². The molecule has 184 valence electrons. The van der Waals surface area contributed by atoms with Gasteiger partial charge in [0.25, 0.3) is 0 Å². The van der Waals surface area contributed by atoms with E-state index in [4.69, 9.17) is 4.74 Å². The number of aromatic nitrogens is 2. The predicted molar refractivity (Wildman–Crippen MR) is 128 cm³/mol. The van der Waals surface area contributed by atoms with Crippen LogP contribution in [0.3, 0.4) is 0 Å². The van der Waals surface area contributed by atoms with Crippen LogP contribution in [0.2, 0.25) is 0 Å². The van der Waals surface area contributed by atoms with Crippen LogP contribution in [0, 0.1) is 5.92 Å². The molecular formula is C25H35N5O4. The fourth-order valence-electron chi connectivity index (χ4n) is 5.48. The predicted octanol–water partition coefficient (Wildman–Crippen LogP) is 1.25. The zero-order valence-corrected chi connectivity index (χ0v) is 20.2. The number of rotatable bonds is 7. The molecule has 0 spiro atoms. The van der Waals surface area contributed by atoms with Crippen LogP contribution in [0.25, 0.3) is 11.0 Å². The van der Waals surface area contributed by atoms with Crippen molar-refractivity contribution in [2.45, 2.75) is 51.3 Å². The fraction of sp³-hybridized carbons (Fsp3) is 0.640. The van der Waals surface area contributed by atoms with E-state index in [0.29, 0.717) is 12.5 Å². The third-order valence-corrected chi connectivity index (χ3v) is 7.64. The summed E-state index contributed by atoms with van der Waals surface area (Å²) in [5.41, 5.74) is 2.47. The van der Waals surface area contributed by atoms with Gasteiger partial charge in [-0.2, -0.15) is 0 Å². The van der Waals surface area contributed by atoms with E-state index in [-0.39, 0.29) is 18.0 Å². The zero-order chi connectivity index (χ0) is 23.8. The van der Waals surface area contributed by atoms with Crippen molar-refractivity contribution in [3.63, 3.8) is 0 Å². The smallest absolute Gasteiger partial charge is 0.329 e. The molecule has 5 rings (SSSR count). The first-order valence-corrected chi connectivity index (χ1v) is 12.5. The molecule has 2 aromatic rings. The molecule has 9 heteroatoms. The molecule has 0 bridgehead atoms. The topological polar surface area (TPSA) is 88.8 Å². The Kier molecular flexibility index (Phi) is 6.59. The SMILES string of the molecule is Cn1c(=O)n(C2CCC(=O)NC2=O)c2ccc(CN3CCN(CCO[C@H]4C[C@H](C)C4)CC3)cc21. The summed E-state index contributed by atoms with van der Waals surface area (Å²) in [7, 11) is 1.74. The molecule has 1 aliphatic carbocycles. The van der Waals surface area contributed by atoms with Crippen molar-refractivity contribution in [1.82, 2.24) is 24.3 Å². The van der Waals surface area contributed by atoms with Gasteiger partial charge < -0.3 is 4.74 Å². The Morgan fingerprint density at radius 2 is 1.76 bits per heavy atom. The minimum atomic E-state index is -0.649. The van der Waals surface area contributed by atoms with Crippen LogP contribution in [0.5, 0.6) is 0 Å². The maximum atomic E-state index is 13.0. The van der Waals surface area contributed by atoms with Gasteiger partial charge in [0.1, 0.15) is 6.04 Å². The fourth-order valence-corrected chi connectivity index (χ4v) is 5.48. The van der Waals surface area contributed by atoms with Gasteiger partial charge >= 0.3 is 5.69 Å². The number of piperidine rings is 1. The Balaban J connectivity index is 1.19. The van der Waals surface area contributed by atoms with Crippen LogP contribution < -0.4 is 11.0 Å². The number of nitrogens with zero attached hydrogens (tertiary/aromatic N) is 4. The highest BCUT2D eigenvalue weighted by molar-refractivity contribution is 6.00. The third-order valence-electron chi connectivity index (χ3n) is 7.64. The third kappa shape index (κ3) is 4.69. The highest BCUT2D eigenvalue weighted by Crippen LogP contribution is 2.29. The quantitative estimate of drug-likeness (QED) is 0.614. The number of ether oxygens (including phenoxy) is 1.